The minimum absolute atomic E-state index is 0. The topological polar surface area (TPSA) is 50.4 Å². The fraction of sp³-hybridized carbons (Fsp3) is 0.923. The van der Waals surface area contributed by atoms with Crippen molar-refractivity contribution in [3.8, 4) is 0 Å². The van der Waals surface area contributed by atoms with Gasteiger partial charge in [0.2, 0.25) is 5.91 Å². The van der Waals surface area contributed by atoms with E-state index in [0.717, 1.165) is 19.5 Å². The quantitative estimate of drug-likeness (QED) is 0.778. The van der Waals surface area contributed by atoms with Gasteiger partial charge in [-0.15, -0.1) is 12.4 Å². The van der Waals surface area contributed by atoms with Crippen LogP contribution >= 0.6 is 12.4 Å². The molecule has 1 fully saturated rings. The lowest BCUT2D eigenvalue weighted by Gasteiger charge is -2.26. The highest BCUT2D eigenvalue weighted by Crippen LogP contribution is 2.17. The van der Waals surface area contributed by atoms with Crippen LogP contribution in [0.5, 0.6) is 0 Å². The number of nitrogens with one attached hydrogen (secondary N) is 2. The van der Waals surface area contributed by atoms with Crippen LogP contribution in [0.1, 0.15) is 39.5 Å². The van der Waals surface area contributed by atoms with E-state index in [9.17, 15) is 4.79 Å². The Labute approximate surface area is 117 Å². The Balaban J connectivity index is 0.00000289. The van der Waals surface area contributed by atoms with Crippen LogP contribution in [0.4, 0.5) is 0 Å². The third kappa shape index (κ3) is 7.19. The molecule has 5 heteroatoms. The molecule has 1 rings (SSSR count). The first-order valence-electron chi connectivity index (χ1n) is 6.54. The summed E-state index contributed by atoms with van der Waals surface area (Å²) in [6, 6.07) is 0. The van der Waals surface area contributed by atoms with Gasteiger partial charge in [0.25, 0.3) is 0 Å². The molecule has 1 aliphatic heterocycles. The van der Waals surface area contributed by atoms with E-state index in [-0.39, 0.29) is 23.9 Å². The number of methoxy groups -OCH3 is 1. The zero-order chi connectivity index (χ0) is 12.7. The van der Waals surface area contributed by atoms with Gasteiger partial charge in [0.05, 0.1) is 12.1 Å². The van der Waals surface area contributed by atoms with Crippen molar-refractivity contribution in [1.82, 2.24) is 10.6 Å². The Morgan fingerprint density at radius 2 is 2.00 bits per heavy atom. The van der Waals surface area contributed by atoms with Crippen molar-refractivity contribution >= 4 is 18.3 Å². The van der Waals surface area contributed by atoms with Crippen molar-refractivity contribution in [1.29, 1.82) is 0 Å². The highest BCUT2D eigenvalue weighted by Gasteiger charge is 2.21. The van der Waals surface area contributed by atoms with Crippen LogP contribution in [-0.4, -0.2) is 38.3 Å². The van der Waals surface area contributed by atoms with Crippen LogP contribution in [0.15, 0.2) is 0 Å². The van der Waals surface area contributed by atoms with Crippen LogP contribution in [0.3, 0.4) is 0 Å². The Bertz CT molecular complexity index is 241. The summed E-state index contributed by atoms with van der Waals surface area (Å²) in [7, 11) is 1.66. The minimum atomic E-state index is -0.264. The number of carbonyl (C=O) groups excluding carboxylic acids is 1. The first-order valence-corrected chi connectivity index (χ1v) is 6.54. The summed E-state index contributed by atoms with van der Waals surface area (Å²) in [5.74, 6) is 0.859. The van der Waals surface area contributed by atoms with Crippen molar-refractivity contribution in [2.75, 3.05) is 26.8 Å². The van der Waals surface area contributed by atoms with E-state index in [4.69, 9.17) is 4.74 Å². The fourth-order valence-corrected chi connectivity index (χ4v) is 2.34. The maximum atomic E-state index is 11.8. The number of hydrogen-bond acceptors (Lipinski definition) is 3. The van der Waals surface area contributed by atoms with Gasteiger partial charge in [-0.25, -0.2) is 0 Å². The van der Waals surface area contributed by atoms with Gasteiger partial charge in [-0.05, 0) is 52.1 Å². The normalized spacial score (nSPS) is 17.1. The van der Waals surface area contributed by atoms with E-state index >= 15 is 0 Å². The zero-order valence-corrected chi connectivity index (χ0v) is 12.6. The second-order valence-electron chi connectivity index (χ2n) is 5.60. The molecular formula is C13H27ClN2O2. The number of piperidine rings is 1. The van der Waals surface area contributed by atoms with Crippen LogP contribution in [0, 0.1) is 5.92 Å². The summed E-state index contributed by atoms with van der Waals surface area (Å²) in [4.78, 5) is 11.8. The lowest BCUT2D eigenvalue weighted by Crippen LogP contribution is -2.46. The van der Waals surface area contributed by atoms with Gasteiger partial charge in [-0.2, -0.15) is 0 Å². The molecule has 0 spiro atoms. The summed E-state index contributed by atoms with van der Waals surface area (Å²) < 4.78 is 5.08. The van der Waals surface area contributed by atoms with Crippen molar-refractivity contribution < 1.29 is 9.53 Å². The Hall–Kier alpha value is -0.320. The van der Waals surface area contributed by atoms with Crippen LogP contribution < -0.4 is 10.6 Å². The van der Waals surface area contributed by atoms with Gasteiger partial charge in [0.1, 0.15) is 0 Å². The molecule has 0 aliphatic carbocycles. The fourth-order valence-electron chi connectivity index (χ4n) is 2.34. The summed E-state index contributed by atoms with van der Waals surface area (Å²) >= 11 is 0. The number of ether oxygens (including phenoxy) is 1. The lowest BCUT2D eigenvalue weighted by atomic mass is 9.93. The molecule has 0 aromatic rings. The molecule has 4 nitrogen and oxygen atoms in total. The molecule has 1 heterocycles. The first kappa shape index (κ1) is 17.7. The summed E-state index contributed by atoms with van der Waals surface area (Å²) in [6.45, 7) is 6.72. The van der Waals surface area contributed by atoms with Crippen molar-refractivity contribution in [2.24, 2.45) is 5.92 Å². The molecule has 1 aliphatic rings. The largest absolute Gasteiger partial charge is 0.382 e. The molecule has 0 aromatic heterocycles. The molecule has 18 heavy (non-hydrogen) atoms. The van der Waals surface area contributed by atoms with Gasteiger partial charge in [0.15, 0.2) is 0 Å². The van der Waals surface area contributed by atoms with E-state index in [2.05, 4.69) is 10.6 Å². The number of halogens is 1. The lowest BCUT2D eigenvalue weighted by molar-refractivity contribution is -0.123. The second kappa shape index (κ2) is 8.73. The van der Waals surface area contributed by atoms with Gasteiger partial charge in [-0.1, -0.05) is 0 Å². The van der Waals surface area contributed by atoms with Crippen molar-refractivity contribution in [3.63, 3.8) is 0 Å². The molecule has 108 valence electrons. The summed E-state index contributed by atoms with van der Waals surface area (Å²) in [5.41, 5.74) is -0.264. The molecule has 0 atom stereocenters. The smallest absolute Gasteiger partial charge is 0.220 e. The second-order valence-corrected chi connectivity index (χ2v) is 5.60. The monoisotopic (exact) mass is 278 g/mol. The van der Waals surface area contributed by atoms with E-state index in [1.165, 1.54) is 12.8 Å². The standard InChI is InChI=1S/C13H26N2O2.ClH/c1-13(2,10-17-3)15-12(16)5-4-11-6-8-14-9-7-11;/h11,14H,4-10H2,1-3H3,(H,15,16);1H. The molecule has 0 bridgehead atoms. The molecule has 1 saturated heterocycles. The van der Waals surface area contributed by atoms with Gasteiger partial charge in [-0.3, -0.25) is 4.79 Å². The molecule has 0 aromatic carbocycles. The van der Waals surface area contributed by atoms with Crippen LogP contribution in [0.25, 0.3) is 0 Å². The van der Waals surface area contributed by atoms with Gasteiger partial charge < -0.3 is 15.4 Å². The Morgan fingerprint density at radius 1 is 1.39 bits per heavy atom. The average Bonchev–Trinajstić information content (AvgIpc) is 2.27. The number of carbonyl (C=O) groups is 1. The predicted octanol–water partition coefficient (Wildman–Crippen LogP) is 1.73. The third-order valence-electron chi connectivity index (χ3n) is 3.22. The van der Waals surface area contributed by atoms with Crippen molar-refractivity contribution in [3.05, 3.63) is 0 Å². The number of hydrogen-bond donors (Lipinski definition) is 2. The summed E-state index contributed by atoms with van der Waals surface area (Å²) in [5, 5.41) is 6.36. The number of amides is 1. The van der Waals surface area contributed by atoms with Crippen LogP contribution in [-0.2, 0) is 9.53 Å². The molecule has 2 N–H and O–H groups in total. The van der Waals surface area contributed by atoms with Crippen molar-refractivity contribution in [2.45, 2.75) is 45.1 Å². The predicted molar refractivity (Wildman–Crippen MR) is 76.2 cm³/mol. The maximum Gasteiger partial charge on any atom is 0.220 e. The summed E-state index contributed by atoms with van der Waals surface area (Å²) in [6.07, 6.45) is 4.05. The minimum Gasteiger partial charge on any atom is -0.382 e. The molecule has 0 unspecified atom stereocenters. The average molecular weight is 279 g/mol. The van der Waals surface area contributed by atoms with Crippen LogP contribution in [0.2, 0.25) is 0 Å². The van der Waals surface area contributed by atoms with E-state index < -0.39 is 0 Å². The Kier molecular flexibility index (Phi) is 8.57. The highest BCUT2D eigenvalue weighted by molar-refractivity contribution is 5.85. The molecule has 0 saturated carbocycles. The molecule has 1 amide bonds. The first-order chi connectivity index (χ1) is 8.03. The van der Waals surface area contributed by atoms with Gasteiger partial charge in [0, 0.05) is 13.5 Å². The zero-order valence-electron chi connectivity index (χ0n) is 11.8. The molecule has 0 radical (unpaired) electrons. The maximum absolute atomic E-state index is 11.8. The third-order valence-corrected chi connectivity index (χ3v) is 3.22. The van der Waals surface area contributed by atoms with E-state index in [0.29, 0.717) is 18.9 Å². The Morgan fingerprint density at radius 3 is 2.56 bits per heavy atom. The molecular weight excluding hydrogens is 252 g/mol. The van der Waals surface area contributed by atoms with E-state index in [1.807, 2.05) is 13.8 Å². The van der Waals surface area contributed by atoms with E-state index in [1.54, 1.807) is 7.11 Å². The van der Waals surface area contributed by atoms with Gasteiger partial charge >= 0.3 is 0 Å². The SMILES string of the molecule is COCC(C)(C)NC(=O)CCC1CCNCC1.Cl. The number of rotatable bonds is 6. The highest BCUT2D eigenvalue weighted by atomic mass is 35.5.